The number of hydrogen-bond acceptors (Lipinski definition) is 6. The molecule has 2 aliphatic heterocycles. The Morgan fingerprint density at radius 1 is 0.828 bits per heavy atom. The quantitative estimate of drug-likeness (QED) is 0.729. The maximum absolute atomic E-state index is 13.4. The molecule has 2 saturated heterocycles. The second-order valence-electron chi connectivity index (χ2n) is 7.26. The Hall–Kier alpha value is -1.97. The fourth-order valence-corrected chi connectivity index (χ4v) is 5.42. The molecule has 0 bridgehead atoms. The molecule has 1 aromatic carbocycles. The molecule has 2 aromatic rings. The number of nitrogens with zero attached hydrogens (tertiary/aromatic N) is 5. The Morgan fingerprint density at radius 3 is 1.97 bits per heavy atom. The number of piperazine rings is 1. The molecule has 4 rings (SSSR count). The zero-order chi connectivity index (χ0) is 20.4. The van der Waals surface area contributed by atoms with Gasteiger partial charge in [-0.1, -0.05) is 11.6 Å². The summed E-state index contributed by atoms with van der Waals surface area (Å²) in [6.45, 7) is 3.66. The number of benzene rings is 1. The lowest BCUT2D eigenvalue weighted by Crippen LogP contribution is -2.49. The van der Waals surface area contributed by atoms with Crippen LogP contribution in [0.3, 0.4) is 0 Å². The normalized spacial score (nSPS) is 18.8. The van der Waals surface area contributed by atoms with E-state index in [9.17, 15) is 12.8 Å². The molecule has 0 N–H and O–H groups in total. The Morgan fingerprint density at radius 2 is 1.41 bits per heavy atom. The third-order valence-electron chi connectivity index (χ3n) is 5.41. The van der Waals surface area contributed by atoms with Gasteiger partial charge in [-0.05, 0) is 49.6 Å². The highest BCUT2D eigenvalue weighted by Crippen LogP contribution is 2.24. The molecule has 0 saturated carbocycles. The summed E-state index contributed by atoms with van der Waals surface area (Å²) >= 11 is 5.75. The van der Waals surface area contributed by atoms with Gasteiger partial charge in [-0.15, -0.1) is 10.2 Å². The van der Waals surface area contributed by atoms with Crippen LogP contribution >= 0.6 is 11.6 Å². The summed E-state index contributed by atoms with van der Waals surface area (Å²) in [5, 5.41) is 8.51. The van der Waals surface area contributed by atoms with Crippen LogP contribution in [0.1, 0.15) is 19.3 Å². The summed E-state index contributed by atoms with van der Waals surface area (Å²) in [6, 6.07) is 7.40. The first-order valence-corrected chi connectivity index (χ1v) is 11.6. The van der Waals surface area contributed by atoms with Gasteiger partial charge in [0.15, 0.2) is 11.6 Å². The van der Waals surface area contributed by atoms with Gasteiger partial charge < -0.3 is 9.80 Å². The lowest BCUT2D eigenvalue weighted by atomic mass is 10.1. The van der Waals surface area contributed by atoms with E-state index in [4.69, 9.17) is 11.6 Å². The van der Waals surface area contributed by atoms with Crippen molar-refractivity contribution in [2.75, 3.05) is 49.1 Å². The molecule has 3 heterocycles. The predicted molar refractivity (Wildman–Crippen MR) is 110 cm³/mol. The number of rotatable bonds is 4. The van der Waals surface area contributed by atoms with Gasteiger partial charge in [0.05, 0.1) is 9.92 Å². The Kier molecular flexibility index (Phi) is 5.89. The summed E-state index contributed by atoms with van der Waals surface area (Å²) in [5.74, 6) is 0.998. The van der Waals surface area contributed by atoms with Crippen molar-refractivity contribution >= 4 is 33.3 Å². The van der Waals surface area contributed by atoms with Crippen molar-refractivity contribution in [3.63, 3.8) is 0 Å². The third kappa shape index (κ3) is 4.31. The minimum absolute atomic E-state index is 0.00280. The van der Waals surface area contributed by atoms with Gasteiger partial charge in [-0.2, -0.15) is 4.31 Å². The molecular formula is C19H23ClFN5O2S. The second-order valence-corrected chi connectivity index (χ2v) is 9.61. The fourth-order valence-electron chi connectivity index (χ4n) is 3.72. The van der Waals surface area contributed by atoms with Crippen molar-refractivity contribution in [2.45, 2.75) is 24.2 Å². The standard InChI is InChI=1S/C19H23ClFN5O2S/c20-16-14-15(4-5-17(16)21)29(27,28)26-12-10-25(11-13-26)19-7-6-18(22-23-19)24-8-2-1-3-9-24/h4-7,14H,1-3,8-13H2. The van der Waals surface area contributed by atoms with Crippen molar-refractivity contribution < 1.29 is 12.8 Å². The highest BCUT2D eigenvalue weighted by Gasteiger charge is 2.29. The largest absolute Gasteiger partial charge is 0.355 e. The van der Waals surface area contributed by atoms with Crippen LogP contribution in [0.5, 0.6) is 0 Å². The molecule has 0 amide bonds. The third-order valence-corrected chi connectivity index (χ3v) is 7.59. The molecule has 7 nitrogen and oxygen atoms in total. The van der Waals surface area contributed by atoms with E-state index in [1.54, 1.807) is 0 Å². The first-order valence-electron chi connectivity index (χ1n) is 9.74. The molecule has 0 unspecified atom stereocenters. The smallest absolute Gasteiger partial charge is 0.243 e. The molecule has 0 radical (unpaired) electrons. The Labute approximate surface area is 175 Å². The van der Waals surface area contributed by atoms with Gasteiger partial charge in [0.25, 0.3) is 0 Å². The zero-order valence-electron chi connectivity index (χ0n) is 16.0. The van der Waals surface area contributed by atoms with Crippen molar-refractivity contribution in [1.29, 1.82) is 0 Å². The maximum atomic E-state index is 13.4. The van der Waals surface area contributed by atoms with Crippen LogP contribution in [-0.4, -0.2) is 62.2 Å². The number of halogens is 2. The number of sulfonamides is 1. The number of piperidine rings is 1. The minimum Gasteiger partial charge on any atom is -0.355 e. The first kappa shape index (κ1) is 20.3. The Balaban J connectivity index is 1.40. The molecule has 2 fully saturated rings. The van der Waals surface area contributed by atoms with Crippen LogP contribution in [0.4, 0.5) is 16.0 Å². The van der Waals surface area contributed by atoms with Gasteiger partial charge in [0, 0.05) is 39.3 Å². The van der Waals surface area contributed by atoms with Crippen LogP contribution in [-0.2, 0) is 10.0 Å². The van der Waals surface area contributed by atoms with E-state index in [0.717, 1.165) is 36.9 Å². The molecule has 0 atom stereocenters. The SMILES string of the molecule is O=S(=O)(c1ccc(F)c(Cl)c1)N1CCN(c2ccc(N3CCCCC3)nn2)CC1. The summed E-state index contributed by atoms with van der Waals surface area (Å²) in [4.78, 5) is 4.28. The highest BCUT2D eigenvalue weighted by atomic mass is 35.5. The molecule has 1 aromatic heterocycles. The van der Waals surface area contributed by atoms with E-state index in [-0.39, 0.29) is 9.92 Å². The zero-order valence-corrected chi connectivity index (χ0v) is 17.5. The van der Waals surface area contributed by atoms with Gasteiger partial charge in [-0.3, -0.25) is 0 Å². The van der Waals surface area contributed by atoms with Crippen molar-refractivity contribution in [1.82, 2.24) is 14.5 Å². The predicted octanol–water partition coefficient (Wildman–Crippen LogP) is 2.77. The maximum Gasteiger partial charge on any atom is 0.243 e. The number of anilines is 2. The van der Waals surface area contributed by atoms with Gasteiger partial charge in [-0.25, -0.2) is 12.8 Å². The summed E-state index contributed by atoms with van der Waals surface area (Å²) < 4.78 is 40.4. The van der Waals surface area contributed by atoms with Gasteiger partial charge in [0.1, 0.15) is 5.82 Å². The molecular weight excluding hydrogens is 417 g/mol. The van der Waals surface area contributed by atoms with Crippen molar-refractivity contribution in [3.8, 4) is 0 Å². The van der Waals surface area contributed by atoms with Gasteiger partial charge >= 0.3 is 0 Å². The topological polar surface area (TPSA) is 69.6 Å². The van der Waals surface area contributed by atoms with Crippen LogP contribution in [0.15, 0.2) is 35.2 Å². The monoisotopic (exact) mass is 439 g/mol. The summed E-state index contributed by atoms with van der Waals surface area (Å²) in [6.07, 6.45) is 3.62. The minimum atomic E-state index is -3.72. The molecule has 156 valence electrons. The average molecular weight is 440 g/mol. The molecule has 2 aliphatic rings. The van der Waals surface area contributed by atoms with Gasteiger partial charge in [0.2, 0.25) is 10.0 Å². The highest BCUT2D eigenvalue weighted by molar-refractivity contribution is 7.89. The molecule has 29 heavy (non-hydrogen) atoms. The number of aromatic nitrogens is 2. The number of hydrogen-bond donors (Lipinski definition) is 0. The van der Waals surface area contributed by atoms with E-state index in [2.05, 4.69) is 15.1 Å². The molecule has 10 heteroatoms. The summed E-state index contributed by atoms with van der Waals surface area (Å²) in [5.41, 5.74) is 0. The van der Waals surface area contributed by atoms with Crippen LogP contribution < -0.4 is 9.80 Å². The average Bonchev–Trinajstić information content (AvgIpc) is 2.76. The van der Waals surface area contributed by atoms with Crippen molar-refractivity contribution in [3.05, 3.63) is 41.2 Å². The van der Waals surface area contributed by atoms with E-state index >= 15 is 0 Å². The molecule has 0 aliphatic carbocycles. The first-order chi connectivity index (χ1) is 13.9. The lowest BCUT2D eigenvalue weighted by Gasteiger charge is -2.34. The van der Waals surface area contributed by atoms with E-state index in [1.807, 2.05) is 17.0 Å². The second kappa shape index (κ2) is 8.41. The van der Waals surface area contributed by atoms with Crippen LogP contribution in [0.2, 0.25) is 5.02 Å². The van der Waals surface area contributed by atoms with E-state index in [1.165, 1.54) is 29.6 Å². The van der Waals surface area contributed by atoms with Crippen molar-refractivity contribution in [2.24, 2.45) is 0 Å². The van der Waals surface area contributed by atoms with Crippen LogP contribution in [0.25, 0.3) is 0 Å². The molecule has 0 spiro atoms. The van der Waals surface area contributed by atoms with E-state index < -0.39 is 15.8 Å². The van der Waals surface area contributed by atoms with E-state index in [0.29, 0.717) is 26.2 Å². The fraction of sp³-hybridized carbons (Fsp3) is 0.474. The lowest BCUT2D eigenvalue weighted by molar-refractivity contribution is 0.383. The van der Waals surface area contributed by atoms with Crippen LogP contribution in [0, 0.1) is 5.82 Å². The summed E-state index contributed by atoms with van der Waals surface area (Å²) in [7, 11) is -3.72. The Bertz CT molecular complexity index is 959.